The highest BCUT2D eigenvalue weighted by molar-refractivity contribution is 9.10. The molecule has 1 heterocycles. The number of rotatable bonds is 6. The van der Waals surface area contributed by atoms with E-state index in [2.05, 4.69) is 31.4 Å². The van der Waals surface area contributed by atoms with Crippen LogP contribution in [0.4, 0.5) is 0 Å². The van der Waals surface area contributed by atoms with Gasteiger partial charge in [0.25, 0.3) is 5.91 Å². The van der Waals surface area contributed by atoms with Gasteiger partial charge in [0.05, 0.1) is 19.4 Å². The maximum atomic E-state index is 11.9. The van der Waals surface area contributed by atoms with E-state index in [4.69, 9.17) is 9.47 Å². The summed E-state index contributed by atoms with van der Waals surface area (Å²) in [5.74, 6) is 0.870. The predicted octanol–water partition coefficient (Wildman–Crippen LogP) is 3.34. The molecule has 1 aromatic carbocycles. The number of hydrogen-bond donors (Lipinski definition) is 2. The third-order valence-corrected chi connectivity index (χ3v) is 3.30. The van der Waals surface area contributed by atoms with E-state index in [0.717, 1.165) is 4.47 Å². The van der Waals surface area contributed by atoms with Crippen LogP contribution in [-0.2, 0) is 0 Å². The number of carbonyl (C=O) groups excluding carboxylic acids is 1. The first-order valence-corrected chi connectivity index (χ1v) is 7.81. The molecule has 2 aromatic rings. The fraction of sp³-hybridized carbons (Fsp3) is 0.250. The summed E-state index contributed by atoms with van der Waals surface area (Å²) in [6, 6.07) is 7.15. The molecule has 0 bridgehead atoms. The summed E-state index contributed by atoms with van der Waals surface area (Å²) in [6.07, 6.45) is 3.19. The molecule has 0 aliphatic carbocycles. The Morgan fingerprint density at radius 2 is 2.22 bits per heavy atom. The molecule has 0 saturated carbocycles. The molecule has 0 aliphatic heterocycles. The highest BCUT2D eigenvalue weighted by Crippen LogP contribution is 2.30. The van der Waals surface area contributed by atoms with Gasteiger partial charge in [-0.25, -0.2) is 5.43 Å². The van der Waals surface area contributed by atoms with Crippen LogP contribution < -0.4 is 14.9 Å². The number of nitrogens with one attached hydrogen (secondary N) is 2. The van der Waals surface area contributed by atoms with Crippen molar-refractivity contribution in [1.29, 1.82) is 0 Å². The molecule has 2 rings (SSSR count). The number of benzene rings is 1. The number of aromatic amines is 1. The normalized spacial score (nSPS) is 11.0. The van der Waals surface area contributed by atoms with Crippen molar-refractivity contribution >= 4 is 28.1 Å². The van der Waals surface area contributed by atoms with Crippen molar-refractivity contribution in [2.24, 2.45) is 5.10 Å². The molecule has 1 amide bonds. The van der Waals surface area contributed by atoms with Gasteiger partial charge in [0.2, 0.25) is 0 Å². The number of amides is 1. The minimum absolute atomic E-state index is 0.00990. The lowest BCUT2D eigenvalue weighted by atomic mass is 10.2. The van der Waals surface area contributed by atoms with Crippen molar-refractivity contribution < 1.29 is 14.3 Å². The van der Waals surface area contributed by atoms with Gasteiger partial charge in [-0.1, -0.05) is 6.07 Å². The fourth-order valence-corrected chi connectivity index (χ4v) is 2.22. The minimum Gasteiger partial charge on any atom is -0.493 e. The number of halogens is 1. The van der Waals surface area contributed by atoms with Gasteiger partial charge in [-0.15, -0.1) is 0 Å². The molecule has 0 spiro atoms. The summed E-state index contributed by atoms with van der Waals surface area (Å²) in [7, 11) is 1.58. The van der Waals surface area contributed by atoms with Crippen LogP contribution in [0.15, 0.2) is 40.0 Å². The Balaban J connectivity index is 2.14. The Morgan fingerprint density at radius 3 is 2.83 bits per heavy atom. The van der Waals surface area contributed by atoms with Crippen molar-refractivity contribution in [3.63, 3.8) is 0 Å². The lowest BCUT2D eigenvalue weighted by Gasteiger charge is -2.15. The molecule has 2 N–H and O–H groups in total. The molecule has 7 heteroatoms. The predicted molar refractivity (Wildman–Crippen MR) is 92.3 cm³/mol. The molecule has 122 valence electrons. The fourth-order valence-electron chi connectivity index (χ4n) is 1.88. The third kappa shape index (κ3) is 4.59. The molecule has 0 atom stereocenters. The summed E-state index contributed by atoms with van der Waals surface area (Å²) in [6.45, 7) is 3.86. The zero-order valence-corrected chi connectivity index (χ0v) is 14.7. The number of aromatic nitrogens is 1. The summed E-state index contributed by atoms with van der Waals surface area (Å²) in [4.78, 5) is 14.7. The maximum absolute atomic E-state index is 11.9. The smallest absolute Gasteiger partial charge is 0.287 e. The molecular weight excluding hydrogens is 362 g/mol. The van der Waals surface area contributed by atoms with Crippen LogP contribution in [-0.4, -0.2) is 30.3 Å². The summed E-state index contributed by atoms with van der Waals surface area (Å²) in [5.41, 5.74) is 3.59. The first-order chi connectivity index (χ1) is 11.0. The molecule has 0 radical (unpaired) electrons. The van der Waals surface area contributed by atoms with E-state index < -0.39 is 0 Å². The molecule has 0 unspecified atom stereocenters. The molecule has 1 aromatic heterocycles. The van der Waals surface area contributed by atoms with Crippen LogP contribution in [0.3, 0.4) is 0 Å². The summed E-state index contributed by atoms with van der Waals surface area (Å²) < 4.78 is 11.9. The van der Waals surface area contributed by atoms with E-state index in [9.17, 15) is 4.79 Å². The monoisotopic (exact) mass is 379 g/mol. The standard InChI is InChI=1S/C16H18BrN3O3/c1-10(2)23-15-11(5-4-6-14(15)22-3)8-19-20-16(21)13-7-12(17)9-18-13/h4-10,18H,1-3H3,(H,20,21)/b19-8-. The Bertz CT molecular complexity index is 710. The van der Waals surface area contributed by atoms with Crippen LogP contribution in [0.1, 0.15) is 29.9 Å². The zero-order chi connectivity index (χ0) is 16.8. The molecule has 23 heavy (non-hydrogen) atoms. The van der Waals surface area contributed by atoms with Crippen molar-refractivity contribution in [2.45, 2.75) is 20.0 Å². The van der Waals surface area contributed by atoms with E-state index in [-0.39, 0.29) is 12.0 Å². The number of para-hydroxylation sites is 1. The van der Waals surface area contributed by atoms with Gasteiger partial charge in [-0.05, 0) is 48.0 Å². The quantitative estimate of drug-likeness (QED) is 0.596. The Labute approximate surface area is 143 Å². The number of H-pyrrole nitrogens is 1. The van der Waals surface area contributed by atoms with Gasteiger partial charge >= 0.3 is 0 Å². The van der Waals surface area contributed by atoms with Gasteiger partial charge in [-0.3, -0.25) is 4.79 Å². The molecule has 0 fully saturated rings. The highest BCUT2D eigenvalue weighted by atomic mass is 79.9. The van der Waals surface area contributed by atoms with E-state index >= 15 is 0 Å². The Hall–Kier alpha value is -2.28. The maximum Gasteiger partial charge on any atom is 0.287 e. The highest BCUT2D eigenvalue weighted by Gasteiger charge is 2.11. The molecule has 0 aliphatic rings. The van der Waals surface area contributed by atoms with Crippen molar-refractivity contribution in [2.75, 3.05) is 7.11 Å². The number of carbonyl (C=O) groups is 1. The van der Waals surface area contributed by atoms with Crippen molar-refractivity contribution in [3.8, 4) is 11.5 Å². The van der Waals surface area contributed by atoms with Gasteiger partial charge in [-0.2, -0.15) is 5.10 Å². The van der Waals surface area contributed by atoms with Gasteiger partial charge in [0, 0.05) is 16.2 Å². The number of nitrogens with zero attached hydrogens (tertiary/aromatic N) is 1. The first-order valence-electron chi connectivity index (χ1n) is 7.02. The zero-order valence-electron chi connectivity index (χ0n) is 13.1. The second-order valence-corrected chi connectivity index (χ2v) is 5.89. The summed E-state index contributed by atoms with van der Waals surface area (Å²) in [5, 5.41) is 3.98. The second kappa shape index (κ2) is 7.82. The average molecular weight is 380 g/mol. The average Bonchev–Trinajstić information content (AvgIpc) is 2.94. The van der Waals surface area contributed by atoms with Crippen LogP contribution in [0.5, 0.6) is 11.5 Å². The second-order valence-electron chi connectivity index (χ2n) is 4.98. The lowest BCUT2D eigenvalue weighted by Crippen LogP contribution is -2.18. The number of ether oxygens (including phenoxy) is 2. The topological polar surface area (TPSA) is 75.7 Å². The van der Waals surface area contributed by atoms with Gasteiger partial charge in [0.1, 0.15) is 5.69 Å². The number of hydrogen-bond acceptors (Lipinski definition) is 4. The van der Waals surface area contributed by atoms with Crippen LogP contribution >= 0.6 is 15.9 Å². The van der Waals surface area contributed by atoms with E-state index in [1.807, 2.05) is 32.0 Å². The minimum atomic E-state index is -0.332. The Morgan fingerprint density at radius 1 is 1.43 bits per heavy atom. The van der Waals surface area contributed by atoms with Crippen LogP contribution in [0, 0.1) is 0 Å². The molecule has 0 saturated heterocycles. The van der Waals surface area contributed by atoms with Crippen molar-refractivity contribution in [3.05, 3.63) is 46.2 Å². The SMILES string of the molecule is COc1cccc(/C=N\NC(=O)c2cc(Br)c[nH]2)c1OC(C)C. The Kier molecular flexibility index (Phi) is 5.81. The van der Waals surface area contributed by atoms with E-state index in [1.54, 1.807) is 19.4 Å². The molecular formula is C16H18BrN3O3. The first kappa shape index (κ1) is 17.1. The van der Waals surface area contributed by atoms with Crippen LogP contribution in [0.2, 0.25) is 0 Å². The van der Waals surface area contributed by atoms with E-state index in [1.165, 1.54) is 6.21 Å². The van der Waals surface area contributed by atoms with Crippen LogP contribution in [0.25, 0.3) is 0 Å². The van der Waals surface area contributed by atoms with Gasteiger partial charge < -0.3 is 14.5 Å². The summed E-state index contributed by atoms with van der Waals surface area (Å²) >= 11 is 3.27. The number of methoxy groups -OCH3 is 1. The number of hydrazone groups is 1. The lowest BCUT2D eigenvalue weighted by molar-refractivity contribution is 0.0950. The molecule has 6 nitrogen and oxygen atoms in total. The largest absolute Gasteiger partial charge is 0.493 e. The van der Waals surface area contributed by atoms with Crippen molar-refractivity contribution in [1.82, 2.24) is 10.4 Å². The van der Waals surface area contributed by atoms with Gasteiger partial charge in [0.15, 0.2) is 11.5 Å². The third-order valence-electron chi connectivity index (χ3n) is 2.84. The van der Waals surface area contributed by atoms with E-state index in [0.29, 0.717) is 22.8 Å².